The first kappa shape index (κ1) is 13.6. The molecule has 0 spiro atoms. The van der Waals surface area contributed by atoms with Crippen LogP contribution in [0.25, 0.3) is 0 Å². The average Bonchev–Trinajstić information content (AvgIpc) is 2.80. The summed E-state index contributed by atoms with van der Waals surface area (Å²) in [6.07, 6.45) is 0.780. The monoisotopic (exact) mass is 259 g/mol. The molecule has 1 atom stereocenters. The summed E-state index contributed by atoms with van der Waals surface area (Å²) in [5, 5.41) is 4.44. The third kappa shape index (κ3) is 3.15. The van der Waals surface area contributed by atoms with Gasteiger partial charge >= 0.3 is 0 Å². The first-order chi connectivity index (χ1) is 9.13. The van der Waals surface area contributed by atoms with Crippen LogP contribution in [0.3, 0.4) is 0 Å². The Morgan fingerprint density at radius 3 is 2.84 bits per heavy atom. The van der Waals surface area contributed by atoms with Gasteiger partial charge in [-0.25, -0.2) is 0 Å². The minimum absolute atomic E-state index is 0.0479. The first-order valence-electron chi connectivity index (χ1n) is 6.57. The van der Waals surface area contributed by atoms with E-state index in [9.17, 15) is 0 Å². The Labute approximate surface area is 114 Å². The first-order valence-corrected chi connectivity index (χ1v) is 6.57. The van der Waals surface area contributed by atoms with Crippen molar-refractivity contribution in [3.8, 4) is 5.75 Å². The topological polar surface area (TPSA) is 53.1 Å². The molecule has 0 saturated heterocycles. The number of hydrogen-bond donors (Lipinski definition) is 1. The van der Waals surface area contributed by atoms with Gasteiger partial charge in [0.1, 0.15) is 5.75 Å². The molecular formula is C15H21N3O. The largest absolute Gasteiger partial charge is 0.497 e. The fourth-order valence-corrected chi connectivity index (χ4v) is 2.28. The van der Waals surface area contributed by atoms with Crippen molar-refractivity contribution in [1.29, 1.82) is 0 Å². The third-order valence-corrected chi connectivity index (χ3v) is 3.20. The van der Waals surface area contributed by atoms with E-state index in [1.54, 1.807) is 7.11 Å². The van der Waals surface area contributed by atoms with Crippen LogP contribution in [0.1, 0.15) is 29.9 Å². The summed E-state index contributed by atoms with van der Waals surface area (Å²) in [5.74, 6) is 0.866. The van der Waals surface area contributed by atoms with Crippen LogP contribution < -0.4 is 10.5 Å². The van der Waals surface area contributed by atoms with Gasteiger partial charge in [-0.2, -0.15) is 5.10 Å². The molecule has 1 aromatic carbocycles. The molecule has 2 rings (SSSR count). The molecule has 2 N–H and O–H groups in total. The molecule has 0 fully saturated rings. The molecule has 0 aliphatic rings. The van der Waals surface area contributed by atoms with E-state index in [-0.39, 0.29) is 6.04 Å². The number of nitrogens with zero attached hydrogens (tertiary/aromatic N) is 2. The second-order valence-corrected chi connectivity index (χ2v) is 4.69. The van der Waals surface area contributed by atoms with Crippen LogP contribution in [-0.4, -0.2) is 16.9 Å². The summed E-state index contributed by atoms with van der Waals surface area (Å²) >= 11 is 0. The summed E-state index contributed by atoms with van der Waals surface area (Å²) < 4.78 is 7.21. The van der Waals surface area contributed by atoms with Crippen LogP contribution in [-0.2, 0) is 13.0 Å². The average molecular weight is 259 g/mol. The van der Waals surface area contributed by atoms with E-state index in [4.69, 9.17) is 10.5 Å². The maximum absolute atomic E-state index is 6.31. The molecule has 1 aromatic heterocycles. The summed E-state index contributed by atoms with van der Waals surface area (Å²) in [5.41, 5.74) is 9.58. The van der Waals surface area contributed by atoms with E-state index in [0.717, 1.165) is 30.1 Å². The normalized spacial score (nSPS) is 12.4. The fraction of sp³-hybridized carbons (Fsp3) is 0.400. The van der Waals surface area contributed by atoms with Crippen LogP contribution in [0, 0.1) is 6.92 Å². The predicted octanol–water partition coefficient (Wildman–Crippen LogP) is 2.46. The molecule has 0 radical (unpaired) electrons. The third-order valence-electron chi connectivity index (χ3n) is 3.20. The molecule has 4 heteroatoms. The number of aryl methyl sites for hydroxylation is 2. The van der Waals surface area contributed by atoms with Crippen molar-refractivity contribution >= 4 is 0 Å². The zero-order valence-corrected chi connectivity index (χ0v) is 11.8. The van der Waals surface area contributed by atoms with E-state index in [0.29, 0.717) is 0 Å². The molecule has 0 aliphatic carbocycles. The highest BCUT2D eigenvalue weighted by Crippen LogP contribution is 2.20. The highest BCUT2D eigenvalue weighted by atomic mass is 16.5. The van der Waals surface area contributed by atoms with Crippen LogP contribution >= 0.6 is 0 Å². The van der Waals surface area contributed by atoms with Crippen LogP contribution in [0.2, 0.25) is 0 Å². The molecule has 0 bridgehead atoms. The Bertz CT molecular complexity index is 548. The Morgan fingerprint density at radius 2 is 2.16 bits per heavy atom. The highest BCUT2D eigenvalue weighted by molar-refractivity contribution is 5.30. The molecule has 4 nitrogen and oxygen atoms in total. The number of rotatable bonds is 5. The molecule has 2 aromatic rings. The van der Waals surface area contributed by atoms with Gasteiger partial charge in [0, 0.05) is 6.54 Å². The zero-order chi connectivity index (χ0) is 13.8. The number of benzene rings is 1. The maximum Gasteiger partial charge on any atom is 0.119 e. The van der Waals surface area contributed by atoms with E-state index in [1.165, 1.54) is 5.56 Å². The van der Waals surface area contributed by atoms with Crippen molar-refractivity contribution in [2.24, 2.45) is 5.73 Å². The van der Waals surface area contributed by atoms with Crippen molar-refractivity contribution in [3.05, 3.63) is 47.3 Å². The second-order valence-electron chi connectivity index (χ2n) is 4.69. The lowest BCUT2D eigenvalue weighted by Gasteiger charge is -2.14. The minimum atomic E-state index is -0.0479. The Balaban J connectivity index is 2.17. The molecule has 1 heterocycles. The summed E-state index contributed by atoms with van der Waals surface area (Å²) in [4.78, 5) is 0. The number of methoxy groups -OCH3 is 1. The molecule has 102 valence electrons. The summed E-state index contributed by atoms with van der Waals surface area (Å²) in [7, 11) is 1.68. The lowest BCUT2D eigenvalue weighted by atomic mass is 10.0. The highest BCUT2D eigenvalue weighted by Gasteiger charge is 2.13. The van der Waals surface area contributed by atoms with Crippen molar-refractivity contribution in [2.45, 2.75) is 32.9 Å². The van der Waals surface area contributed by atoms with Gasteiger partial charge < -0.3 is 10.5 Å². The van der Waals surface area contributed by atoms with Gasteiger partial charge in [0.05, 0.1) is 24.5 Å². The predicted molar refractivity (Wildman–Crippen MR) is 76.3 cm³/mol. The second kappa shape index (κ2) is 5.89. The fourth-order valence-electron chi connectivity index (χ4n) is 2.28. The molecule has 19 heavy (non-hydrogen) atoms. The molecule has 0 saturated carbocycles. The Hall–Kier alpha value is -1.81. The SMILES string of the molecule is CCn1nc(C)cc1C(N)Cc1cccc(OC)c1. The van der Waals surface area contributed by atoms with Gasteiger partial charge in [0.15, 0.2) is 0 Å². The Morgan fingerprint density at radius 1 is 1.37 bits per heavy atom. The number of nitrogens with two attached hydrogens (primary N) is 1. The van der Waals surface area contributed by atoms with Gasteiger partial charge in [-0.05, 0) is 44.0 Å². The molecular weight excluding hydrogens is 238 g/mol. The number of ether oxygens (including phenoxy) is 1. The van der Waals surface area contributed by atoms with Gasteiger partial charge in [0.2, 0.25) is 0 Å². The number of hydrogen-bond acceptors (Lipinski definition) is 3. The van der Waals surface area contributed by atoms with Gasteiger partial charge in [-0.3, -0.25) is 4.68 Å². The summed E-state index contributed by atoms with van der Waals surface area (Å²) in [6.45, 7) is 4.91. The zero-order valence-electron chi connectivity index (χ0n) is 11.8. The standard InChI is InChI=1S/C15H21N3O/c1-4-18-15(8-11(2)17-18)14(16)10-12-6-5-7-13(9-12)19-3/h5-9,14H,4,10,16H2,1-3H3. The lowest BCUT2D eigenvalue weighted by molar-refractivity contribution is 0.414. The van der Waals surface area contributed by atoms with Crippen molar-refractivity contribution in [3.63, 3.8) is 0 Å². The van der Waals surface area contributed by atoms with Crippen molar-refractivity contribution < 1.29 is 4.74 Å². The van der Waals surface area contributed by atoms with Crippen LogP contribution in [0.4, 0.5) is 0 Å². The van der Waals surface area contributed by atoms with E-state index >= 15 is 0 Å². The van der Waals surface area contributed by atoms with Crippen LogP contribution in [0.5, 0.6) is 5.75 Å². The Kier molecular flexibility index (Phi) is 4.22. The lowest BCUT2D eigenvalue weighted by Crippen LogP contribution is -2.18. The smallest absolute Gasteiger partial charge is 0.119 e. The quantitative estimate of drug-likeness (QED) is 0.897. The molecule has 0 amide bonds. The van der Waals surface area contributed by atoms with Crippen molar-refractivity contribution in [1.82, 2.24) is 9.78 Å². The molecule has 0 aliphatic heterocycles. The van der Waals surface area contributed by atoms with E-state index < -0.39 is 0 Å². The van der Waals surface area contributed by atoms with Gasteiger partial charge in [0.25, 0.3) is 0 Å². The summed E-state index contributed by atoms with van der Waals surface area (Å²) in [6, 6.07) is 10.0. The van der Waals surface area contributed by atoms with Gasteiger partial charge in [-0.1, -0.05) is 12.1 Å². The van der Waals surface area contributed by atoms with Crippen molar-refractivity contribution in [2.75, 3.05) is 7.11 Å². The molecule has 1 unspecified atom stereocenters. The van der Waals surface area contributed by atoms with E-state index in [2.05, 4.69) is 24.2 Å². The number of aromatic nitrogens is 2. The van der Waals surface area contributed by atoms with Crippen LogP contribution in [0.15, 0.2) is 30.3 Å². The van der Waals surface area contributed by atoms with Gasteiger partial charge in [-0.15, -0.1) is 0 Å². The van der Waals surface area contributed by atoms with E-state index in [1.807, 2.05) is 29.8 Å². The minimum Gasteiger partial charge on any atom is -0.497 e. The maximum atomic E-state index is 6.31.